The molecule has 0 aliphatic carbocycles. The molecule has 0 amide bonds. The van der Waals surface area contributed by atoms with Crippen molar-refractivity contribution in [2.45, 2.75) is 85.5 Å². The van der Waals surface area contributed by atoms with Gasteiger partial charge in [0, 0.05) is 0 Å². The maximum atomic E-state index is 4.13. The molecule has 0 aromatic carbocycles. The molecule has 0 aliphatic rings. The lowest BCUT2D eigenvalue weighted by atomic mass is 9.93. The fraction of sp³-hybridized carbons (Fsp3) is 0.882. The van der Waals surface area contributed by atoms with E-state index in [4.69, 9.17) is 0 Å². The monoisotopic (exact) mass is 238 g/mol. The van der Waals surface area contributed by atoms with E-state index < -0.39 is 0 Å². The number of allylic oxidation sites excluding steroid dienone is 1. The molecule has 0 nitrogen and oxygen atoms in total. The van der Waals surface area contributed by atoms with Crippen molar-refractivity contribution in [1.82, 2.24) is 0 Å². The Morgan fingerprint density at radius 3 is 2.00 bits per heavy atom. The van der Waals surface area contributed by atoms with Gasteiger partial charge in [-0.25, -0.2) is 0 Å². The van der Waals surface area contributed by atoms with Crippen molar-refractivity contribution in [3.63, 3.8) is 0 Å². The standard InChI is InChI=1S/C17H34/c1-6-12-15(3)13-10-8-9-11-14-17(5)16(4)7-2/h15,17H,4,6-14H2,1-3,5H3. The van der Waals surface area contributed by atoms with Gasteiger partial charge in [0.15, 0.2) is 0 Å². The molecule has 0 heterocycles. The molecule has 0 rings (SSSR count). The van der Waals surface area contributed by atoms with Crippen molar-refractivity contribution in [2.75, 3.05) is 0 Å². The van der Waals surface area contributed by atoms with Crippen LogP contribution in [0.15, 0.2) is 12.2 Å². The van der Waals surface area contributed by atoms with Crippen LogP contribution in [0.1, 0.15) is 85.5 Å². The minimum atomic E-state index is 0.735. The highest BCUT2D eigenvalue weighted by atomic mass is 14.1. The molecule has 0 aliphatic heterocycles. The van der Waals surface area contributed by atoms with Gasteiger partial charge >= 0.3 is 0 Å². The number of rotatable bonds is 11. The predicted octanol–water partition coefficient (Wildman–Crippen LogP) is 6.37. The molecule has 0 radical (unpaired) electrons. The second kappa shape index (κ2) is 10.9. The number of hydrogen-bond donors (Lipinski definition) is 0. The van der Waals surface area contributed by atoms with Crippen LogP contribution in [-0.2, 0) is 0 Å². The molecule has 2 unspecified atom stereocenters. The molecule has 0 saturated heterocycles. The highest BCUT2D eigenvalue weighted by Gasteiger charge is 2.04. The number of unbranched alkanes of at least 4 members (excludes halogenated alkanes) is 3. The zero-order chi connectivity index (χ0) is 13.1. The van der Waals surface area contributed by atoms with Gasteiger partial charge in [0.1, 0.15) is 0 Å². The van der Waals surface area contributed by atoms with Gasteiger partial charge in [-0.05, 0) is 24.7 Å². The van der Waals surface area contributed by atoms with Crippen LogP contribution in [0, 0.1) is 11.8 Å². The fourth-order valence-electron chi connectivity index (χ4n) is 2.49. The lowest BCUT2D eigenvalue weighted by molar-refractivity contribution is 0.446. The molecule has 102 valence electrons. The van der Waals surface area contributed by atoms with Crippen LogP contribution >= 0.6 is 0 Å². The fourth-order valence-corrected chi connectivity index (χ4v) is 2.49. The first-order valence-corrected chi connectivity index (χ1v) is 7.79. The lowest BCUT2D eigenvalue weighted by Crippen LogP contribution is -1.98. The van der Waals surface area contributed by atoms with Crippen molar-refractivity contribution in [1.29, 1.82) is 0 Å². The van der Waals surface area contributed by atoms with Crippen LogP contribution in [0.25, 0.3) is 0 Å². The van der Waals surface area contributed by atoms with Crippen molar-refractivity contribution in [3.8, 4) is 0 Å². The summed E-state index contributed by atoms with van der Waals surface area (Å²) in [5.74, 6) is 1.68. The minimum Gasteiger partial charge on any atom is -0.0996 e. The Labute approximate surface area is 110 Å². The van der Waals surface area contributed by atoms with Crippen LogP contribution < -0.4 is 0 Å². The van der Waals surface area contributed by atoms with Gasteiger partial charge in [-0.1, -0.05) is 84.8 Å². The van der Waals surface area contributed by atoms with Crippen LogP contribution in [-0.4, -0.2) is 0 Å². The molecule has 17 heavy (non-hydrogen) atoms. The molecule has 0 heteroatoms. The summed E-state index contributed by atoms with van der Waals surface area (Å²) < 4.78 is 0. The molecule has 2 atom stereocenters. The smallest absolute Gasteiger partial charge is 0.0234 e. The average Bonchev–Trinajstić information content (AvgIpc) is 2.32. The first-order valence-electron chi connectivity index (χ1n) is 7.79. The maximum Gasteiger partial charge on any atom is -0.0234 e. The average molecular weight is 238 g/mol. The van der Waals surface area contributed by atoms with Crippen molar-refractivity contribution < 1.29 is 0 Å². The van der Waals surface area contributed by atoms with Crippen molar-refractivity contribution >= 4 is 0 Å². The van der Waals surface area contributed by atoms with Gasteiger partial charge in [0.25, 0.3) is 0 Å². The van der Waals surface area contributed by atoms with Crippen molar-refractivity contribution in [2.24, 2.45) is 11.8 Å². The summed E-state index contributed by atoms with van der Waals surface area (Å²) in [5, 5.41) is 0. The van der Waals surface area contributed by atoms with Gasteiger partial charge < -0.3 is 0 Å². The summed E-state index contributed by atoms with van der Waals surface area (Å²) in [6.07, 6.45) is 12.4. The normalized spacial score (nSPS) is 14.6. The zero-order valence-electron chi connectivity index (χ0n) is 12.7. The molecule has 0 fully saturated rings. The van der Waals surface area contributed by atoms with Crippen LogP contribution in [0.4, 0.5) is 0 Å². The second-order valence-electron chi connectivity index (χ2n) is 5.80. The third-order valence-electron chi connectivity index (χ3n) is 4.02. The van der Waals surface area contributed by atoms with E-state index in [2.05, 4.69) is 34.3 Å². The van der Waals surface area contributed by atoms with E-state index in [0.717, 1.165) is 18.3 Å². The summed E-state index contributed by atoms with van der Waals surface area (Å²) in [5.41, 5.74) is 1.43. The lowest BCUT2D eigenvalue weighted by Gasteiger charge is -2.13. The molecule has 0 bridgehead atoms. The number of hydrogen-bond acceptors (Lipinski definition) is 0. The topological polar surface area (TPSA) is 0 Å². The Balaban J connectivity index is 3.32. The third-order valence-corrected chi connectivity index (χ3v) is 4.02. The van der Waals surface area contributed by atoms with Gasteiger partial charge in [-0.2, -0.15) is 0 Å². The van der Waals surface area contributed by atoms with Crippen molar-refractivity contribution in [3.05, 3.63) is 12.2 Å². The van der Waals surface area contributed by atoms with E-state index in [9.17, 15) is 0 Å². The molecule has 0 aromatic heterocycles. The van der Waals surface area contributed by atoms with Crippen LogP contribution in [0.5, 0.6) is 0 Å². The third kappa shape index (κ3) is 9.44. The van der Waals surface area contributed by atoms with E-state index in [1.54, 1.807) is 0 Å². The van der Waals surface area contributed by atoms with Gasteiger partial charge in [-0.15, -0.1) is 0 Å². The Morgan fingerprint density at radius 2 is 1.47 bits per heavy atom. The highest BCUT2D eigenvalue weighted by Crippen LogP contribution is 2.20. The molecule has 0 N–H and O–H groups in total. The summed E-state index contributed by atoms with van der Waals surface area (Å²) in [6.45, 7) is 13.4. The van der Waals surface area contributed by atoms with E-state index in [0.29, 0.717) is 0 Å². The summed E-state index contributed by atoms with van der Waals surface area (Å²) in [4.78, 5) is 0. The van der Waals surface area contributed by atoms with E-state index >= 15 is 0 Å². The van der Waals surface area contributed by atoms with E-state index in [1.165, 1.54) is 56.9 Å². The minimum absolute atomic E-state index is 0.735. The van der Waals surface area contributed by atoms with E-state index in [1.807, 2.05) is 0 Å². The van der Waals surface area contributed by atoms with E-state index in [-0.39, 0.29) is 0 Å². The molecule has 0 spiro atoms. The first-order chi connectivity index (χ1) is 8.11. The Kier molecular flexibility index (Phi) is 10.7. The summed E-state index contributed by atoms with van der Waals surface area (Å²) >= 11 is 0. The summed E-state index contributed by atoms with van der Waals surface area (Å²) in [7, 11) is 0. The predicted molar refractivity (Wildman–Crippen MR) is 80.4 cm³/mol. The second-order valence-corrected chi connectivity index (χ2v) is 5.80. The largest absolute Gasteiger partial charge is 0.0996 e. The first kappa shape index (κ1) is 16.7. The summed E-state index contributed by atoms with van der Waals surface area (Å²) in [6, 6.07) is 0. The highest BCUT2D eigenvalue weighted by molar-refractivity contribution is 4.97. The Morgan fingerprint density at radius 1 is 0.882 bits per heavy atom. The van der Waals surface area contributed by atoms with Gasteiger partial charge in [-0.3, -0.25) is 0 Å². The Hall–Kier alpha value is -0.260. The molecular formula is C17H34. The van der Waals surface area contributed by atoms with Gasteiger partial charge in [0.2, 0.25) is 0 Å². The maximum absolute atomic E-state index is 4.13. The SMILES string of the molecule is C=C(CC)C(C)CCCCCCC(C)CCC. The molecular weight excluding hydrogens is 204 g/mol. The quantitative estimate of drug-likeness (QED) is 0.290. The van der Waals surface area contributed by atoms with Crippen LogP contribution in [0.3, 0.4) is 0 Å². The zero-order valence-corrected chi connectivity index (χ0v) is 12.7. The van der Waals surface area contributed by atoms with Crippen LogP contribution in [0.2, 0.25) is 0 Å². The molecule has 0 aromatic rings. The van der Waals surface area contributed by atoms with Gasteiger partial charge in [0.05, 0.1) is 0 Å². The molecule has 0 saturated carbocycles. The Bertz CT molecular complexity index is 180.